The third-order valence-electron chi connectivity index (χ3n) is 3.25. The number of ether oxygens (including phenoxy) is 1. The maximum Gasteiger partial charge on any atom is 0.328 e. The number of carboxylic acids is 1. The van der Waals surface area contributed by atoms with Gasteiger partial charge in [0.2, 0.25) is 0 Å². The van der Waals surface area contributed by atoms with E-state index in [9.17, 15) is 4.79 Å². The van der Waals surface area contributed by atoms with Crippen LogP contribution in [-0.2, 0) is 4.79 Å². The van der Waals surface area contributed by atoms with Crippen molar-refractivity contribution in [3.05, 3.63) is 29.6 Å². The quantitative estimate of drug-likeness (QED) is 0.845. The van der Waals surface area contributed by atoms with Gasteiger partial charge in [0, 0.05) is 11.8 Å². The van der Waals surface area contributed by atoms with Crippen molar-refractivity contribution >= 4 is 12.0 Å². The highest BCUT2D eigenvalue weighted by molar-refractivity contribution is 5.85. The number of aliphatic carboxylic acids is 1. The number of nitrogens with zero attached hydrogens (tertiary/aromatic N) is 1. The molecule has 1 heterocycles. The van der Waals surface area contributed by atoms with Gasteiger partial charge in [-0.2, -0.15) is 0 Å². The Bertz CT molecular complexity index is 476. The highest BCUT2D eigenvalue weighted by Gasteiger charge is 2.16. The molecule has 1 aromatic rings. The normalized spacial score (nSPS) is 16.7. The first-order chi connectivity index (χ1) is 9.15. The lowest BCUT2D eigenvalue weighted by atomic mass is 9.98. The molecule has 0 aromatic carbocycles. The first-order valence-electron chi connectivity index (χ1n) is 6.70. The molecule has 1 N–H and O–H groups in total. The Morgan fingerprint density at radius 1 is 1.37 bits per heavy atom. The number of hydrogen-bond acceptors (Lipinski definition) is 3. The number of rotatable bonds is 4. The lowest BCUT2D eigenvalue weighted by Gasteiger charge is -2.23. The molecule has 102 valence electrons. The van der Waals surface area contributed by atoms with Gasteiger partial charge in [-0.05, 0) is 50.8 Å². The first kappa shape index (κ1) is 13.6. The predicted molar refractivity (Wildman–Crippen MR) is 73.1 cm³/mol. The van der Waals surface area contributed by atoms with Crippen LogP contribution in [0.1, 0.15) is 43.5 Å². The van der Waals surface area contributed by atoms with Crippen LogP contribution in [0.2, 0.25) is 0 Å². The Balaban J connectivity index is 2.15. The molecule has 1 aromatic heterocycles. The van der Waals surface area contributed by atoms with E-state index in [0.29, 0.717) is 11.4 Å². The minimum Gasteiger partial charge on any atom is -0.488 e. The van der Waals surface area contributed by atoms with Crippen LogP contribution >= 0.6 is 0 Å². The second kappa shape index (κ2) is 6.36. The van der Waals surface area contributed by atoms with E-state index >= 15 is 0 Å². The van der Waals surface area contributed by atoms with Gasteiger partial charge in [-0.15, -0.1) is 0 Å². The van der Waals surface area contributed by atoms with E-state index < -0.39 is 5.97 Å². The summed E-state index contributed by atoms with van der Waals surface area (Å²) in [5.74, 6) is -0.304. The number of carboxylic acid groups (broad SMARTS) is 1. The molecule has 19 heavy (non-hydrogen) atoms. The van der Waals surface area contributed by atoms with Gasteiger partial charge < -0.3 is 9.84 Å². The molecule has 4 nitrogen and oxygen atoms in total. The van der Waals surface area contributed by atoms with Crippen LogP contribution in [0.3, 0.4) is 0 Å². The van der Waals surface area contributed by atoms with Crippen LogP contribution in [0.25, 0.3) is 6.08 Å². The fourth-order valence-electron chi connectivity index (χ4n) is 2.30. The molecule has 0 spiro atoms. The zero-order chi connectivity index (χ0) is 13.7. The Morgan fingerprint density at radius 3 is 2.79 bits per heavy atom. The fraction of sp³-hybridized carbons (Fsp3) is 0.467. The van der Waals surface area contributed by atoms with E-state index in [1.54, 1.807) is 0 Å². The summed E-state index contributed by atoms with van der Waals surface area (Å²) in [6.07, 6.45) is 8.62. The van der Waals surface area contributed by atoms with Gasteiger partial charge in [0.15, 0.2) is 0 Å². The molecule has 0 saturated heterocycles. The predicted octanol–water partition coefficient (Wildman–Crippen LogP) is 3.20. The van der Waals surface area contributed by atoms with Crippen LogP contribution in [0, 0.1) is 6.92 Å². The van der Waals surface area contributed by atoms with E-state index in [0.717, 1.165) is 24.6 Å². The van der Waals surface area contributed by atoms with Crippen molar-refractivity contribution in [1.29, 1.82) is 0 Å². The van der Waals surface area contributed by atoms with Gasteiger partial charge in [-0.25, -0.2) is 9.78 Å². The van der Waals surface area contributed by atoms with Gasteiger partial charge in [0.05, 0.1) is 6.10 Å². The molecule has 0 aliphatic heterocycles. The number of aromatic nitrogens is 1. The van der Waals surface area contributed by atoms with E-state index in [1.807, 2.05) is 19.1 Å². The molecule has 4 heteroatoms. The summed E-state index contributed by atoms with van der Waals surface area (Å²) in [6, 6.07) is 3.76. The number of pyridine rings is 1. The van der Waals surface area contributed by atoms with Gasteiger partial charge in [-0.3, -0.25) is 0 Å². The molecule has 0 bridgehead atoms. The monoisotopic (exact) mass is 261 g/mol. The molecule has 1 aliphatic carbocycles. The molecule has 1 aliphatic rings. The maximum absolute atomic E-state index is 10.6. The SMILES string of the molecule is Cc1ccc(OC2CCCCC2)c(C=CC(=O)O)n1. The Labute approximate surface area is 113 Å². The van der Waals surface area contributed by atoms with Crippen LogP contribution < -0.4 is 4.74 Å². The highest BCUT2D eigenvalue weighted by atomic mass is 16.5. The second-order valence-electron chi connectivity index (χ2n) is 4.89. The number of hydrogen-bond donors (Lipinski definition) is 1. The van der Waals surface area contributed by atoms with Crippen molar-refractivity contribution in [2.45, 2.75) is 45.1 Å². The minimum atomic E-state index is -0.980. The Hall–Kier alpha value is -1.84. The van der Waals surface area contributed by atoms with Crippen LogP contribution in [0.15, 0.2) is 18.2 Å². The summed E-state index contributed by atoms with van der Waals surface area (Å²) in [7, 11) is 0. The molecule has 0 unspecified atom stereocenters. The summed E-state index contributed by atoms with van der Waals surface area (Å²) in [4.78, 5) is 14.9. The fourth-order valence-corrected chi connectivity index (χ4v) is 2.30. The number of carbonyl (C=O) groups is 1. The average molecular weight is 261 g/mol. The van der Waals surface area contributed by atoms with Crippen molar-refractivity contribution in [2.75, 3.05) is 0 Å². The zero-order valence-corrected chi connectivity index (χ0v) is 11.1. The van der Waals surface area contributed by atoms with Crippen LogP contribution in [0.5, 0.6) is 5.75 Å². The summed E-state index contributed by atoms with van der Waals surface area (Å²) < 4.78 is 5.97. The molecule has 1 saturated carbocycles. The Morgan fingerprint density at radius 2 is 2.11 bits per heavy atom. The van der Waals surface area contributed by atoms with Gasteiger partial charge in [0.25, 0.3) is 0 Å². The summed E-state index contributed by atoms with van der Waals surface area (Å²) in [5.41, 5.74) is 1.44. The van der Waals surface area contributed by atoms with Crippen LogP contribution in [0.4, 0.5) is 0 Å². The van der Waals surface area contributed by atoms with Crippen molar-refractivity contribution in [3.8, 4) is 5.75 Å². The average Bonchev–Trinajstić information content (AvgIpc) is 2.40. The maximum atomic E-state index is 10.6. The lowest BCUT2D eigenvalue weighted by molar-refractivity contribution is -0.131. The van der Waals surface area contributed by atoms with Gasteiger partial charge in [-0.1, -0.05) is 6.42 Å². The summed E-state index contributed by atoms with van der Waals surface area (Å²) in [5, 5.41) is 8.70. The van der Waals surface area contributed by atoms with Crippen LogP contribution in [-0.4, -0.2) is 22.2 Å². The van der Waals surface area contributed by atoms with E-state index in [1.165, 1.54) is 25.3 Å². The topological polar surface area (TPSA) is 59.4 Å². The third kappa shape index (κ3) is 4.09. The van der Waals surface area contributed by atoms with Gasteiger partial charge in [0.1, 0.15) is 11.4 Å². The summed E-state index contributed by atoms with van der Waals surface area (Å²) >= 11 is 0. The standard InChI is InChI=1S/C15H19NO3/c1-11-7-9-14(13(16-11)8-10-15(17)18)19-12-5-3-2-4-6-12/h7-10,12H,2-6H2,1H3,(H,17,18). The molecule has 0 radical (unpaired) electrons. The smallest absolute Gasteiger partial charge is 0.328 e. The van der Waals surface area contributed by atoms with E-state index in [4.69, 9.17) is 9.84 Å². The number of aryl methyl sites for hydroxylation is 1. The minimum absolute atomic E-state index is 0.232. The van der Waals surface area contributed by atoms with E-state index in [-0.39, 0.29) is 6.10 Å². The Kier molecular flexibility index (Phi) is 4.55. The molecule has 2 rings (SSSR count). The lowest BCUT2D eigenvalue weighted by Crippen LogP contribution is -2.20. The highest BCUT2D eigenvalue weighted by Crippen LogP contribution is 2.26. The van der Waals surface area contributed by atoms with Crippen molar-refractivity contribution in [1.82, 2.24) is 4.98 Å². The summed E-state index contributed by atoms with van der Waals surface area (Å²) in [6.45, 7) is 1.88. The zero-order valence-electron chi connectivity index (χ0n) is 11.1. The first-order valence-corrected chi connectivity index (χ1v) is 6.70. The largest absolute Gasteiger partial charge is 0.488 e. The molecule has 0 atom stereocenters. The van der Waals surface area contributed by atoms with Crippen molar-refractivity contribution in [2.24, 2.45) is 0 Å². The van der Waals surface area contributed by atoms with Gasteiger partial charge >= 0.3 is 5.97 Å². The molecular weight excluding hydrogens is 242 g/mol. The molecular formula is C15H19NO3. The van der Waals surface area contributed by atoms with E-state index in [2.05, 4.69) is 4.98 Å². The third-order valence-corrected chi connectivity index (χ3v) is 3.25. The second-order valence-corrected chi connectivity index (χ2v) is 4.89. The molecule has 1 fully saturated rings. The van der Waals surface area contributed by atoms with Crippen molar-refractivity contribution in [3.63, 3.8) is 0 Å². The van der Waals surface area contributed by atoms with Crippen molar-refractivity contribution < 1.29 is 14.6 Å². The molecule has 0 amide bonds.